The largest absolute Gasteiger partial charge is 0.396 e. The molecule has 1 rings (SSSR count). The number of aliphatic hydroxyl groups is 1. The molecule has 0 heterocycles. The molecule has 0 radical (unpaired) electrons. The van der Waals surface area contributed by atoms with Gasteiger partial charge in [0, 0.05) is 19.6 Å². The normalized spacial score (nSPS) is 25.1. The number of nitrogens with one attached hydrogen (secondary N) is 1. The summed E-state index contributed by atoms with van der Waals surface area (Å²) < 4.78 is 0. The number of aliphatic hydroxyl groups excluding tert-OH is 1. The lowest BCUT2D eigenvalue weighted by molar-refractivity contribution is -0.121. The Morgan fingerprint density at radius 2 is 2.20 bits per heavy atom. The first-order chi connectivity index (χ1) is 7.27. The van der Waals surface area contributed by atoms with E-state index in [1.807, 2.05) is 0 Å². The minimum atomic E-state index is 0.0958. The monoisotopic (exact) mass is 211 g/mol. The molecule has 86 valence electrons. The maximum absolute atomic E-state index is 11.3. The Bertz CT molecular complexity index is 216. The van der Waals surface area contributed by atoms with E-state index in [0.717, 1.165) is 25.8 Å². The van der Waals surface area contributed by atoms with Crippen LogP contribution in [0.15, 0.2) is 12.7 Å². The Morgan fingerprint density at radius 1 is 1.47 bits per heavy atom. The Kier molecular flexibility index (Phi) is 5.40. The molecular weight excluding hydrogens is 190 g/mol. The number of allylic oxidation sites excluding steroid dienone is 1. The van der Waals surface area contributed by atoms with Crippen LogP contribution >= 0.6 is 0 Å². The zero-order valence-corrected chi connectivity index (χ0v) is 9.24. The second-order valence-electron chi connectivity index (χ2n) is 4.27. The molecule has 3 heteroatoms. The average molecular weight is 211 g/mol. The lowest BCUT2D eigenvalue weighted by atomic mass is 9.97. The van der Waals surface area contributed by atoms with Crippen LogP contribution in [0.1, 0.15) is 32.1 Å². The van der Waals surface area contributed by atoms with Gasteiger partial charge in [-0.1, -0.05) is 12.5 Å². The zero-order valence-electron chi connectivity index (χ0n) is 9.24. The van der Waals surface area contributed by atoms with Crippen LogP contribution in [0.5, 0.6) is 0 Å². The maximum atomic E-state index is 11.3. The minimum absolute atomic E-state index is 0.0958. The van der Waals surface area contributed by atoms with Crippen molar-refractivity contribution in [1.82, 2.24) is 5.32 Å². The Labute approximate surface area is 91.6 Å². The van der Waals surface area contributed by atoms with Gasteiger partial charge in [-0.2, -0.15) is 0 Å². The lowest BCUT2D eigenvalue weighted by Crippen LogP contribution is -2.31. The lowest BCUT2D eigenvalue weighted by Gasteiger charge is -2.17. The van der Waals surface area contributed by atoms with Crippen LogP contribution in [0.4, 0.5) is 0 Å². The van der Waals surface area contributed by atoms with Crippen LogP contribution in [0.3, 0.4) is 0 Å². The van der Waals surface area contributed by atoms with Gasteiger partial charge >= 0.3 is 0 Å². The van der Waals surface area contributed by atoms with Crippen molar-refractivity contribution in [1.29, 1.82) is 0 Å². The van der Waals surface area contributed by atoms with Gasteiger partial charge < -0.3 is 10.4 Å². The van der Waals surface area contributed by atoms with E-state index in [0.29, 0.717) is 18.3 Å². The first-order valence-corrected chi connectivity index (χ1v) is 5.76. The van der Waals surface area contributed by atoms with E-state index in [9.17, 15) is 4.79 Å². The first kappa shape index (κ1) is 12.2. The molecule has 0 aliphatic heterocycles. The Morgan fingerprint density at radius 3 is 2.87 bits per heavy atom. The van der Waals surface area contributed by atoms with Crippen molar-refractivity contribution in [2.45, 2.75) is 32.1 Å². The second-order valence-corrected chi connectivity index (χ2v) is 4.27. The summed E-state index contributed by atoms with van der Waals surface area (Å²) in [6, 6.07) is 0. The number of hydrogen-bond donors (Lipinski definition) is 2. The summed E-state index contributed by atoms with van der Waals surface area (Å²) in [5.41, 5.74) is 0. The molecule has 2 atom stereocenters. The van der Waals surface area contributed by atoms with Gasteiger partial charge in [-0.3, -0.25) is 4.79 Å². The highest BCUT2D eigenvalue weighted by Gasteiger charge is 2.26. The van der Waals surface area contributed by atoms with Gasteiger partial charge in [0.2, 0.25) is 5.91 Å². The van der Waals surface area contributed by atoms with E-state index < -0.39 is 0 Å². The van der Waals surface area contributed by atoms with Gasteiger partial charge in [0.1, 0.15) is 0 Å². The van der Waals surface area contributed by atoms with Crippen molar-refractivity contribution in [2.24, 2.45) is 11.8 Å². The third-order valence-electron chi connectivity index (χ3n) is 3.19. The van der Waals surface area contributed by atoms with Crippen molar-refractivity contribution in [3.8, 4) is 0 Å². The predicted octanol–water partition coefficient (Wildman–Crippen LogP) is 1.48. The van der Waals surface area contributed by atoms with Gasteiger partial charge in [0.15, 0.2) is 0 Å². The fraction of sp³-hybridized carbons (Fsp3) is 0.750. The predicted molar refractivity (Wildman–Crippen MR) is 60.4 cm³/mol. The number of rotatable bonds is 6. The fourth-order valence-electron chi connectivity index (χ4n) is 2.19. The summed E-state index contributed by atoms with van der Waals surface area (Å²) in [6.07, 6.45) is 6.43. The molecule has 1 aliphatic rings. The highest BCUT2D eigenvalue weighted by molar-refractivity contribution is 5.75. The van der Waals surface area contributed by atoms with Crippen LogP contribution in [0.25, 0.3) is 0 Å². The molecular formula is C12H21NO2. The molecule has 1 amide bonds. The van der Waals surface area contributed by atoms with Crippen LogP contribution in [-0.4, -0.2) is 24.2 Å². The van der Waals surface area contributed by atoms with Gasteiger partial charge in [0.05, 0.1) is 0 Å². The third-order valence-corrected chi connectivity index (χ3v) is 3.19. The number of hydrogen-bond acceptors (Lipinski definition) is 2. The van der Waals surface area contributed by atoms with Crippen molar-refractivity contribution < 1.29 is 9.90 Å². The molecule has 0 aromatic heterocycles. The zero-order chi connectivity index (χ0) is 11.1. The molecule has 0 saturated heterocycles. The van der Waals surface area contributed by atoms with Crippen LogP contribution in [0.2, 0.25) is 0 Å². The van der Waals surface area contributed by atoms with Crippen molar-refractivity contribution in [3.63, 3.8) is 0 Å². The van der Waals surface area contributed by atoms with E-state index >= 15 is 0 Å². The molecule has 1 aliphatic carbocycles. The molecule has 2 unspecified atom stereocenters. The van der Waals surface area contributed by atoms with Crippen molar-refractivity contribution >= 4 is 5.91 Å². The SMILES string of the molecule is C=CCCC(=O)NCC1CCCC1CO. The Hall–Kier alpha value is -0.830. The smallest absolute Gasteiger partial charge is 0.220 e. The summed E-state index contributed by atoms with van der Waals surface area (Å²) in [4.78, 5) is 11.3. The van der Waals surface area contributed by atoms with Gasteiger partial charge in [-0.25, -0.2) is 0 Å². The number of carbonyl (C=O) groups is 1. The van der Waals surface area contributed by atoms with Crippen LogP contribution in [0, 0.1) is 11.8 Å². The van der Waals surface area contributed by atoms with E-state index in [1.165, 1.54) is 6.42 Å². The molecule has 2 N–H and O–H groups in total. The van der Waals surface area contributed by atoms with E-state index in [4.69, 9.17) is 5.11 Å². The standard InChI is InChI=1S/C12H21NO2/c1-2-3-7-12(15)13-8-10-5-4-6-11(10)9-14/h2,10-11,14H,1,3-9H2,(H,13,15). The molecule has 0 aromatic rings. The highest BCUT2D eigenvalue weighted by Crippen LogP contribution is 2.30. The fourth-order valence-corrected chi connectivity index (χ4v) is 2.19. The molecule has 0 spiro atoms. The maximum Gasteiger partial charge on any atom is 0.220 e. The van der Waals surface area contributed by atoms with Gasteiger partial charge in [-0.05, 0) is 31.1 Å². The van der Waals surface area contributed by atoms with E-state index in [1.54, 1.807) is 6.08 Å². The van der Waals surface area contributed by atoms with Crippen LogP contribution in [-0.2, 0) is 4.79 Å². The van der Waals surface area contributed by atoms with Gasteiger partial charge in [-0.15, -0.1) is 6.58 Å². The summed E-state index contributed by atoms with van der Waals surface area (Å²) in [6.45, 7) is 4.56. The quantitative estimate of drug-likeness (QED) is 0.654. The number of amides is 1. The molecule has 15 heavy (non-hydrogen) atoms. The first-order valence-electron chi connectivity index (χ1n) is 5.76. The number of carbonyl (C=O) groups excluding carboxylic acids is 1. The molecule has 1 fully saturated rings. The molecule has 0 aromatic carbocycles. The topological polar surface area (TPSA) is 49.3 Å². The molecule has 0 bridgehead atoms. The average Bonchev–Trinajstić information content (AvgIpc) is 2.70. The summed E-state index contributed by atoms with van der Waals surface area (Å²) in [5.74, 6) is 0.964. The van der Waals surface area contributed by atoms with Gasteiger partial charge in [0.25, 0.3) is 0 Å². The van der Waals surface area contributed by atoms with E-state index in [-0.39, 0.29) is 12.5 Å². The van der Waals surface area contributed by atoms with Crippen LogP contribution < -0.4 is 5.32 Å². The summed E-state index contributed by atoms with van der Waals surface area (Å²) >= 11 is 0. The summed E-state index contributed by atoms with van der Waals surface area (Å²) in [7, 11) is 0. The van der Waals surface area contributed by atoms with Crippen molar-refractivity contribution in [2.75, 3.05) is 13.2 Å². The highest BCUT2D eigenvalue weighted by atomic mass is 16.3. The second kappa shape index (κ2) is 6.62. The minimum Gasteiger partial charge on any atom is -0.396 e. The summed E-state index contributed by atoms with van der Waals surface area (Å²) in [5, 5.41) is 12.0. The van der Waals surface area contributed by atoms with Crippen molar-refractivity contribution in [3.05, 3.63) is 12.7 Å². The van der Waals surface area contributed by atoms with E-state index in [2.05, 4.69) is 11.9 Å². The Balaban J connectivity index is 2.18. The molecule has 3 nitrogen and oxygen atoms in total. The third kappa shape index (κ3) is 4.04. The molecule has 1 saturated carbocycles.